The number of sulfonamides is 1. The number of halogens is 1. The molecule has 4 aromatic rings. The van der Waals surface area contributed by atoms with Crippen molar-refractivity contribution >= 4 is 27.5 Å². The highest BCUT2D eigenvalue weighted by Gasteiger charge is 2.35. The molecule has 0 spiro atoms. The maximum absolute atomic E-state index is 14.5. The largest absolute Gasteiger partial charge is 0.352 e. The molecule has 45 heavy (non-hydrogen) atoms. The molecule has 0 fully saturated rings. The molecule has 2 amide bonds. The highest BCUT2D eigenvalue weighted by Crippen LogP contribution is 2.27. The van der Waals surface area contributed by atoms with Crippen LogP contribution in [0.4, 0.5) is 10.1 Å². The molecule has 1 N–H and O–H groups in total. The van der Waals surface area contributed by atoms with Gasteiger partial charge in [0.15, 0.2) is 0 Å². The summed E-state index contributed by atoms with van der Waals surface area (Å²) < 4.78 is 43.1. The molecule has 0 aliphatic carbocycles. The van der Waals surface area contributed by atoms with Crippen LogP contribution >= 0.6 is 0 Å². The molecule has 0 unspecified atom stereocenters. The standard InChI is InChI=1S/C36H40FN3O4S/c1-5-28(4)38-36(42)34(23-29-12-8-6-9-13-29)39(24-30-17-19-31(37)20-18-30)35(41)25-40(32-21-16-26(2)27(3)22-32)45(43,44)33-14-10-7-11-15-33/h6-22,28,34H,5,23-25H2,1-4H3,(H,38,42)/t28-,34-/m0/s1. The van der Waals surface area contributed by atoms with Crippen molar-refractivity contribution in [1.29, 1.82) is 0 Å². The van der Waals surface area contributed by atoms with Crippen molar-refractivity contribution in [3.8, 4) is 0 Å². The maximum Gasteiger partial charge on any atom is 0.264 e. The van der Waals surface area contributed by atoms with Crippen LogP contribution in [0.5, 0.6) is 0 Å². The van der Waals surface area contributed by atoms with Crippen LogP contribution in [0.2, 0.25) is 0 Å². The molecule has 0 aliphatic heterocycles. The van der Waals surface area contributed by atoms with E-state index in [9.17, 15) is 22.4 Å². The van der Waals surface area contributed by atoms with E-state index in [4.69, 9.17) is 0 Å². The number of carbonyl (C=O) groups excluding carboxylic acids is 2. The molecule has 4 aromatic carbocycles. The highest BCUT2D eigenvalue weighted by atomic mass is 32.2. The molecule has 7 nitrogen and oxygen atoms in total. The van der Waals surface area contributed by atoms with Crippen molar-refractivity contribution in [3.05, 3.63) is 131 Å². The zero-order valence-electron chi connectivity index (χ0n) is 26.1. The van der Waals surface area contributed by atoms with Crippen LogP contribution in [0, 0.1) is 19.7 Å². The predicted molar refractivity (Wildman–Crippen MR) is 176 cm³/mol. The van der Waals surface area contributed by atoms with Crippen molar-refractivity contribution in [3.63, 3.8) is 0 Å². The highest BCUT2D eigenvalue weighted by molar-refractivity contribution is 7.92. The van der Waals surface area contributed by atoms with Gasteiger partial charge < -0.3 is 10.2 Å². The van der Waals surface area contributed by atoms with Gasteiger partial charge in [-0.05, 0) is 85.8 Å². The van der Waals surface area contributed by atoms with E-state index in [1.807, 2.05) is 64.1 Å². The molecule has 236 valence electrons. The Hall–Kier alpha value is -4.50. The summed E-state index contributed by atoms with van der Waals surface area (Å²) in [4.78, 5) is 29.8. The molecule has 0 heterocycles. The topological polar surface area (TPSA) is 86.8 Å². The fraction of sp³-hybridized carbons (Fsp3) is 0.278. The number of nitrogens with zero attached hydrogens (tertiary/aromatic N) is 2. The maximum atomic E-state index is 14.5. The van der Waals surface area contributed by atoms with Gasteiger partial charge in [-0.15, -0.1) is 0 Å². The lowest BCUT2D eigenvalue weighted by atomic mass is 10.0. The number of carbonyl (C=O) groups is 2. The Morgan fingerprint density at radius 1 is 0.822 bits per heavy atom. The molecule has 4 rings (SSSR count). The van der Waals surface area contributed by atoms with Gasteiger partial charge in [0.05, 0.1) is 10.6 Å². The summed E-state index contributed by atoms with van der Waals surface area (Å²) in [5, 5.41) is 3.01. The van der Waals surface area contributed by atoms with Gasteiger partial charge >= 0.3 is 0 Å². The Morgan fingerprint density at radius 3 is 2.04 bits per heavy atom. The predicted octanol–water partition coefficient (Wildman–Crippen LogP) is 6.19. The summed E-state index contributed by atoms with van der Waals surface area (Å²) in [5.74, 6) is -1.36. The Bertz CT molecular complexity index is 1700. The number of benzene rings is 4. The van der Waals surface area contributed by atoms with Gasteiger partial charge in [-0.2, -0.15) is 0 Å². The quantitative estimate of drug-likeness (QED) is 0.191. The van der Waals surface area contributed by atoms with Gasteiger partial charge in [-0.1, -0.05) is 73.7 Å². The van der Waals surface area contributed by atoms with E-state index in [2.05, 4.69) is 5.32 Å². The Labute approximate surface area is 265 Å². The summed E-state index contributed by atoms with van der Waals surface area (Å²) >= 11 is 0. The molecule has 0 aliphatic rings. The first kappa shape index (κ1) is 33.4. The molecule has 0 radical (unpaired) electrons. The molecule has 9 heteroatoms. The first-order valence-corrected chi connectivity index (χ1v) is 16.5. The summed E-state index contributed by atoms with van der Waals surface area (Å²) in [7, 11) is -4.18. The van der Waals surface area contributed by atoms with Crippen molar-refractivity contribution in [2.45, 2.75) is 64.1 Å². The number of hydrogen-bond acceptors (Lipinski definition) is 4. The molecule has 0 saturated heterocycles. The van der Waals surface area contributed by atoms with Crippen LogP contribution in [0.1, 0.15) is 42.5 Å². The zero-order valence-corrected chi connectivity index (χ0v) is 26.9. The third-order valence-electron chi connectivity index (χ3n) is 7.93. The van der Waals surface area contributed by atoms with Gasteiger partial charge in [0.1, 0.15) is 18.4 Å². The molecular formula is C36H40FN3O4S. The summed E-state index contributed by atoms with van der Waals surface area (Å²) in [6.07, 6.45) is 0.886. The fourth-order valence-corrected chi connectivity index (χ4v) is 6.34. The molecule has 0 bridgehead atoms. The van der Waals surface area contributed by atoms with Gasteiger partial charge in [-0.3, -0.25) is 13.9 Å². The number of amides is 2. The minimum atomic E-state index is -4.18. The second-order valence-corrected chi connectivity index (χ2v) is 13.1. The number of nitrogens with one attached hydrogen (secondary N) is 1. The zero-order chi connectivity index (χ0) is 32.6. The normalized spacial score (nSPS) is 12.6. The SMILES string of the molecule is CC[C@H](C)NC(=O)[C@H](Cc1ccccc1)N(Cc1ccc(F)cc1)C(=O)CN(c1ccc(C)c(C)c1)S(=O)(=O)c1ccccc1. The van der Waals surface area contributed by atoms with Gasteiger partial charge in [0.2, 0.25) is 11.8 Å². The van der Waals surface area contributed by atoms with Crippen LogP contribution in [-0.4, -0.2) is 43.8 Å². The average Bonchev–Trinajstić information content (AvgIpc) is 3.04. The van der Waals surface area contributed by atoms with E-state index in [0.29, 0.717) is 17.7 Å². The van der Waals surface area contributed by atoms with Crippen LogP contribution < -0.4 is 9.62 Å². The summed E-state index contributed by atoms with van der Waals surface area (Å²) in [6, 6.07) is 27.1. The van der Waals surface area contributed by atoms with E-state index in [1.54, 1.807) is 42.5 Å². The summed E-state index contributed by atoms with van der Waals surface area (Å²) in [5.41, 5.74) is 3.61. The van der Waals surface area contributed by atoms with Gasteiger partial charge in [0.25, 0.3) is 10.0 Å². The minimum Gasteiger partial charge on any atom is -0.352 e. The second-order valence-electron chi connectivity index (χ2n) is 11.3. The number of rotatable bonds is 13. The van der Waals surface area contributed by atoms with E-state index in [0.717, 1.165) is 21.0 Å². The number of hydrogen-bond donors (Lipinski definition) is 1. The van der Waals surface area contributed by atoms with Gasteiger partial charge in [-0.25, -0.2) is 12.8 Å². The van der Waals surface area contributed by atoms with Crippen molar-refractivity contribution < 1.29 is 22.4 Å². The smallest absolute Gasteiger partial charge is 0.264 e. The van der Waals surface area contributed by atoms with E-state index in [-0.39, 0.29) is 29.8 Å². The lowest BCUT2D eigenvalue weighted by Gasteiger charge is -2.34. The second kappa shape index (κ2) is 15.0. The van der Waals surface area contributed by atoms with Crippen molar-refractivity contribution in [2.75, 3.05) is 10.8 Å². The van der Waals surface area contributed by atoms with Crippen LogP contribution in [0.3, 0.4) is 0 Å². The lowest BCUT2D eigenvalue weighted by molar-refractivity contribution is -0.140. The summed E-state index contributed by atoms with van der Waals surface area (Å²) in [6.45, 7) is 7.06. The first-order valence-electron chi connectivity index (χ1n) is 15.0. The lowest BCUT2D eigenvalue weighted by Crippen LogP contribution is -2.54. The van der Waals surface area contributed by atoms with E-state index in [1.165, 1.54) is 29.2 Å². The van der Waals surface area contributed by atoms with Crippen molar-refractivity contribution in [1.82, 2.24) is 10.2 Å². The monoisotopic (exact) mass is 629 g/mol. The fourth-order valence-electron chi connectivity index (χ4n) is 4.91. The van der Waals surface area contributed by atoms with E-state index >= 15 is 0 Å². The Morgan fingerprint density at radius 2 is 1.44 bits per heavy atom. The molecular weight excluding hydrogens is 589 g/mol. The molecule has 2 atom stereocenters. The first-order chi connectivity index (χ1) is 21.5. The van der Waals surface area contributed by atoms with Crippen LogP contribution in [-0.2, 0) is 32.6 Å². The van der Waals surface area contributed by atoms with Crippen LogP contribution in [0.15, 0.2) is 108 Å². The van der Waals surface area contributed by atoms with Crippen molar-refractivity contribution in [2.24, 2.45) is 0 Å². The van der Waals surface area contributed by atoms with E-state index < -0.39 is 34.3 Å². The number of aryl methyl sites for hydroxylation is 2. The Kier molecular flexibility index (Phi) is 11.1. The third-order valence-corrected chi connectivity index (χ3v) is 9.71. The average molecular weight is 630 g/mol. The minimum absolute atomic E-state index is 0.0311. The Balaban J connectivity index is 1.81. The number of anilines is 1. The molecule has 0 saturated carbocycles. The van der Waals surface area contributed by atoms with Crippen LogP contribution in [0.25, 0.3) is 0 Å². The van der Waals surface area contributed by atoms with Gasteiger partial charge in [0, 0.05) is 19.0 Å². The third kappa shape index (κ3) is 8.57. The molecule has 0 aromatic heterocycles.